The van der Waals surface area contributed by atoms with E-state index in [0.717, 1.165) is 17.7 Å². The Hall–Kier alpha value is -2.45. The topological polar surface area (TPSA) is 41.1 Å². The second-order valence-electron chi connectivity index (χ2n) is 4.91. The second-order valence-corrected chi connectivity index (χ2v) is 4.91. The minimum absolute atomic E-state index is 0.248. The summed E-state index contributed by atoms with van der Waals surface area (Å²) in [6.45, 7) is 2.07. The summed E-state index contributed by atoms with van der Waals surface area (Å²) in [6.07, 6.45) is 6.39. The Morgan fingerprint density at radius 2 is 2.00 bits per heavy atom. The molecule has 0 bridgehead atoms. The molecule has 1 unspecified atom stereocenters. The van der Waals surface area contributed by atoms with Crippen molar-refractivity contribution in [1.29, 1.82) is 0 Å². The molecule has 0 saturated carbocycles. The number of urea groups is 1. The summed E-state index contributed by atoms with van der Waals surface area (Å²) in [4.78, 5) is 11.7. The van der Waals surface area contributed by atoms with E-state index in [2.05, 4.69) is 17.2 Å². The predicted molar refractivity (Wildman–Crippen MR) is 88.4 cm³/mol. The van der Waals surface area contributed by atoms with Gasteiger partial charge in [0.1, 0.15) is 0 Å². The maximum atomic E-state index is 12.6. The smallest absolute Gasteiger partial charge is 0.334 e. The number of hydrogen-bond acceptors (Lipinski definition) is 1. The number of carbonyl (C=O) groups is 1. The van der Waals surface area contributed by atoms with Crippen LogP contribution in [0.5, 0.6) is 0 Å². The predicted octanol–water partition coefficient (Wildman–Crippen LogP) is 4.97. The van der Waals surface area contributed by atoms with Gasteiger partial charge in [0.2, 0.25) is 0 Å². The van der Waals surface area contributed by atoms with Crippen molar-refractivity contribution in [2.75, 3.05) is 6.54 Å². The van der Waals surface area contributed by atoms with Crippen LogP contribution < -0.4 is 10.6 Å². The highest BCUT2D eigenvalue weighted by Crippen LogP contribution is 2.29. The number of allylic oxidation sites excluding steroid dienone is 5. The molecule has 9 heteroatoms. The highest BCUT2D eigenvalue weighted by atomic mass is 19.4. The van der Waals surface area contributed by atoms with Crippen molar-refractivity contribution in [3.63, 3.8) is 0 Å². The van der Waals surface area contributed by atoms with E-state index in [1.165, 1.54) is 6.08 Å². The van der Waals surface area contributed by atoms with Crippen LogP contribution in [-0.4, -0.2) is 31.5 Å². The van der Waals surface area contributed by atoms with Gasteiger partial charge in [-0.3, -0.25) is 0 Å². The van der Waals surface area contributed by atoms with Crippen molar-refractivity contribution in [2.45, 2.75) is 32.2 Å². The lowest BCUT2D eigenvalue weighted by atomic mass is 10.0. The molecule has 2 amide bonds. The van der Waals surface area contributed by atoms with E-state index in [1.807, 2.05) is 13.0 Å². The van der Waals surface area contributed by atoms with E-state index < -0.39 is 30.5 Å². The van der Waals surface area contributed by atoms with Crippen LogP contribution in [0.15, 0.2) is 60.3 Å². The molecule has 3 nitrogen and oxygen atoms in total. The molecule has 0 aliphatic heterocycles. The van der Waals surface area contributed by atoms with Crippen LogP contribution in [0.1, 0.15) is 13.3 Å². The maximum absolute atomic E-state index is 12.6. The van der Waals surface area contributed by atoms with Gasteiger partial charge in [-0.05, 0) is 25.0 Å². The number of rotatable bonds is 5. The molecule has 1 rings (SSSR count). The largest absolute Gasteiger partial charge is 0.416 e. The van der Waals surface area contributed by atoms with Crippen molar-refractivity contribution in [3.8, 4) is 0 Å². The average Bonchev–Trinajstić information content (AvgIpc) is 2.54. The molecule has 0 fully saturated rings. The van der Waals surface area contributed by atoms with Crippen molar-refractivity contribution < 1.29 is 31.1 Å². The van der Waals surface area contributed by atoms with Crippen molar-refractivity contribution in [2.24, 2.45) is 0 Å². The third-order valence-corrected chi connectivity index (χ3v) is 2.93. The normalized spacial score (nSPS) is 17.5. The molecular weight excluding hydrogens is 362 g/mol. The average molecular weight is 382 g/mol. The quantitative estimate of drug-likeness (QED) is 0.512. The van der Waals surface area contributed by atoms with Gasteiger partial charge in [-0.25, -0.2) is 4.79 Å². The fourth-order valence-electron chi connectivity index (χ4n) is 1.79. The van der Waals surface area contributed by atoms with Gasteiger partial charge in [0.15, 0.2) is 0 Å². The lowest BCUT2D eigenvalue weighted by Crippen LogP contribution is -2.42. The van der Waals surface area contributed by atoms with Gasteiger partial charge >= 0.3 is 18.9 Å². The first-order valence-electron chi connectivity index (χ1n) is 7.46. The summed E-state index contributed by atoms with van der Waals surface area (Å²) in [7, 11) is 0. The van der Waals surface area contributed by atoms with E-state index in [9.17, 15) is 31.1 Å². The van der Waals surface area contributed by atoms with E-state index >= 15 is 0 Å². The van der Waals surface area contributed by atoms with Crippen molar-refractivity contribution >= 4 is 6.03 Å². The Labute approximate surface area is 147 Å². The van der Waals surface area contributed by atoms with E-state index in [1.54, 1.807) is 18.2 Å². The van der Waals surface area contributed by atoms with E-state index in [4.69, 9.17) is 0 Å². The van der Waals surface area contributed by atoms with Crippen LogP contribution in [0.2, 0.25) is 0 Å². The summed E-state index contributed by atoms with van der Waals surface area (Å²) in [5.41, 5.74) is 0.0483. The Morgan fingerprint density at radius 3 is 2.50 bits per heavy atom. The molecule has 0 heterocycles. The number of hydrogen-bond donors (Lipinski definition) is 2. The van der Waals surface area contributed by atoms with E-state index in [0.29, 0.717) is 6.42 Å². The molecule has 1 atom stereocenters. The third-order valence-electron chi connectivity index (χ3n) is 2.93. The molecule has 1 aliphatic carbocycles. The second kappa shape index (κ2) is 12.0. The molecule has 0 aromatic carbocycles. The minimum atomic E-state index is -4.40. The summed E-state index contributed by atoms with van der Waals surface area (Å²) < 4.78 is 66.8. The Morgan fingerprint density at radius 1 is 1.38 bits per heavy atom. The molecular formula is C17H20F6N2O. The highest BCUT2D eigenvalue weighted by Gasteiger charge is 2.33. The first-order chi connectivity index (χ1) is 12.1. The molecule has 2 N–H and O–H groups in total. The molecule has 0 radical (unpaired) electrons. The van der Waals surface area contributed by atoms with Crippen LogP contribution in [0.4, 0.5) is 31.1 Å². The molecule has 1 aliphatic rings. The number of amides is 2. The molecule has 26 heavy (non-hydrogen) atoms. The van der Waals surface area contributed by atoms with Crippen LogP contribution in [0.25, 0.3) is 0 Å². The fourth-order valence-corrected chi connectivity index (χ4v) is 1.79. The first kappa shape index (κ1) is 23.5. The van der Waals surface area contributed by atoms with Crippen molar-refractivity contribution in [1.82, 2.24) is 10.6 Å². The van der Waals surface area contributed by atoms with Gasteiger partial charge in [-0.2, -0.15) is 26.3 Å². The number of halogens is 6. The highest BCUT2D eigenvalue weighted by molar-refractivity contribution is 5.75. The Kier molecular flexibility index (Phi) is 10.9. The number of nitrogens with one attached hydrogen (secondary N) is 2. The van der Waals surface area contributed by atoms with Crippen LogP contribution in [0, 0.1) is 0 Å². The number of carbonyl (C=O) groups excluding carboxylic acids is 1. The van der Waals surface area contributed by atoms with Gasteiger partial charge in [0.05, 0.1) is 11.6 Å². The molecule has 0 spiro atoms. The zero-order valence-corrected chi connectivity index (χ0v) is 14.0. The Bertz CT molecular complexity index is 574. The van der Waals surface area contributed by atoms with E-state index in [-0.39, 0.29) is 6.54 Å². The molecule has 0 aromatic heterocycles. The SMILES string of the molecule is C=C/C(=C\C=C\C)CNC(=O)NC1C=C(C(F)(F)F)C=CC1.FC(F)F. The van der Waals surface area contributed by atoms with Gasteiger partial charge < -0.3 is 10.6 Å². The maximum Gasteiger partial charge on any atom is 0.416 e. The van der Waals surface area contributed by atoms with Crippen LogP contribution in [-0.2, 0) is 0 Å². The number of alkyl halides is 6. The fraction of sp³-hybridized carbons (Fsp3) is 0.353. The zero-order chi connectivity index (χ0) is 20.2. The van der Waals surface area contributed by atoms with Gasteiger partial charge in [0.25, 0.3) is 0 Å². The lowest BCUT2D eigenvalue weighted by Gasteiger charge is -2.20. The molecule has 0 aromatic rings. The van der Waals surface area contributed by atoms with Crippen molar-refractivity contribution in [3.05, 3.63) is 60.3 Å². The molecule has 0 saturated heterocycles. The molecule has 146 valence electrons. The van der Waals surface area contributed by atoms with Gasteiger partial charge in [-0.15, -0.1) is 0 Å². The third kappa shape index (κ3) is 11.2. The minimum Gasteiger partial charge on any atom is -0.334 e. The monoisotopic (exact) mass is 382 g/mol. The van der Waals surface area contributed by atoms with Crippen LogP contribution in [0.3, 0.4) is 0 Å². The summed E-state index contributed by atoms with van der Waals surface area (Å²) >= 11 is 0. The zero-order valence-electron chi connectivity index (χ0n) is 14.0. The van der Waals surface area contributed by atoms with Gasteiger partial charge in [0, 0.05) is 6.54 Å². The summed E-state index contributed by atoms with van der Waals surface area (Å²) in [6, 6.07) is -1.19. The van der Waals surface area contributed by atoms with Gasteiger partial charge in [-0.1, -0.05) is 43.0 Å². The standard InChI is InChI=1S/C16H19F3N2O.CHF3/c1-3-5-7-12(4-2)11-20-15(22)21-14-9-6-8-13(10-14)16(17,18)19;2-1(3)4/h3-8,10,14H,2,9,11H2,1H3,(H2,20,21,22);1H/b5-3+,12-7+;. The lowest BCUT2D eigenvalue weighted by molar-refractivity contribution is -0.0887. The van der Waals surface area contributed by atoms with Crippen LogP contribution >= 0.6 is 0 Å². The summed E-state index contributed by atoms with van der Waals surface area (Å²) in [5, 5.41) is 5.08. The Balaban J connectivity index is 0.00000141. The summed E-state index contributed by atoms with van der Waals surface area (Å²) in [5.74, 6) is 0. The first-order valence-corrected chi connectivity index (χ1v) is 7.46.